The molecular formula is C22H31NO3. The quantitative estimate of drug-likeness (QED) is 0.654. The van der Waals surface area contributed by atoms with Crippen molar-refractivity contribution in [2.24, 2.45) is 11.8 Å². The number of benzene rings is 1. The summed E-state index contributed by atoms with van der Waals surface area (Å²) in [6, 6.07) is 12.4. The van der Waals surface area contributed by atoms with E-state index in [4.69, 9.17) is 14.2 Å². The van der Waals surface area contributed by atoms with E-state index in [9.17, 15) is 5.26 Å². The number of rotatable bonds is 7. The first-order chi connectivity index (χ1) is 12.3. The van der Waals surface area contributed by atoms with Gasteiger partial charge in [0.15, 0.2) is 5.79 Å². The summed E-state index contributed by atoms with van der Waals surface area (Å²) in [6.07, 6.45) is 4.33. The van der Waals surface area contributed by atoms with E-state index in [1.54, 1.807) is 0 Å². The first kappa shape index (κ1) is 20.6. The molecule has 1 aliphatic rings. The lowest BCUT2D eigenvalue weighted by molar-refractivity contribution is -0.278. The molecule has 0 spiro atoms. The van der Waals surface area contributed by atoms with Crippen molar-refractivity contribution in [2.45, 2.75) is 71.7 Å². The fraction of sp³-hybridized carbons (Fsp3) is 0.591. The van der Waals surface area contributed by atoms with Crippen LogP contribution >= 0.6 is 0 Å². The Morgan fingerprint density at radius 2 is 1.92 bits per heavy atom. The molecule has 4 atom stereocenters. The van der Waals surface area contributed by atoms with Crippen LogP contribution in [0.25, 0.3) is 0 Å². The molecule has 1 heterocycles. The molecule has 1 aliphatic heterocycles. The minimum Gasteiger partial charge on any atom is -0.373 e. The molecule has 2 rings (SSSR count). The van der Waals surface area contributed by atoms with Crippen molar-refractivity contribution in [1.82, 2.24) is 0 Å². The third-order valence-electron chi connectivity index (χ3n) is 4.54. The van der Waals surface area contributed by atoms with Gasteiger partial charge in [-0.1, -0.05) is 63.3 Å². The maximum absolute atomic E-state index is 9.18. The Morgan fingerprint density at radius 1 is 1.23 bits per heavy atom. The van der Waals surface area contributed by atoms with Crippen LogP contribution in [0.5, 0.6) is 0 Å². The van der Waals surface area contributed by atoms with E-state index in [-0.39, 0.29) is 18.1 Å². The second-order valence-electron chi connectivity index (χ2n) is 7.78. The van der Waals surface area contributed by atoms with Crippen LogP contribution in [0.3, 0.4) is 0 Å². The van der Waals surface area contributed by atoms with E-state index in [1.807, 2.05) is 32.0 Å². The van der Waals surface area contributed by atoms with Gasteiger partial charge in [0.25, 0.3) is 0 Å². The van der Waals surface area contributed by atoms with Gasteiger partial charge in [0.05, 0.1) is 24.9 Å². The van der Waals surface area contributed by atoms with Gasteiger partial charge in [-0.2, -0.15) is 5.26 Å². The average Bonchev–Trinajstić information content (AvgIpc) is 2.59. The van der Waals surface area contributed by atoms with E-state index < -0.39 is 11.9 Å². The maximum Gasteiger partial charge on any atom is 0.165 e. The van der Waals surface area contributed by atoms with Gasteiger partial charge in [0, 0.05) is 12.3 Å². The predicted molar refractivity (Wildman–Crippen MR) is 102 cm³/mol. The molecule has 1 aromatic rings. The summed E-state index contributed by atoms with van der Waals surface area (Å²) < 4.78 is 17.7. The van der Waals surface area contributed by atoms with Gasteiger partial charge < -0.3 is 14.2 Å². The molecule has 4 heteroatoms. The Labute approximate surface area is 157 Å². The van der Waals surface area contributed by atoms with E-state index in [2.05, 4.69) is 51.1 Å². The number of ether oxygens (including phenoxy) is 3. The summed E-state index contributed by atoms with van der Waals surface area (Å²) in [7, 11) is 0. The topological polar surface area (TPSA) is 51.5 Å². The van der Waals surface area contributed by atoms with Crippen molar-refractivity contribution in [3.63, 3.8) is 0 Å². The third kappa shape index (κ3) is 6.25. The van der Waals surface area contributed by atoms with Crippen molar-refractivity contribution < 1.29 is 14.2 Å². The molecule has 1 unspecified atom stereocenters. The van der Waals surface area contributed by atoms with Gasteiger partial charge in [-0.25, -0.2) is 0 Å². The van der Waals surface area contributed by atoms with E-state index >= 15 is 0 Å². The minimum absolute atomic E-state index is 0.117. The lowest BCUT2D eigenvalue weighted by Crippen LogP contribution is -2.43. The van der Waals surface area contributed by atoms with Crippen molar-refractivity contribution >= 4 is 0 Å². The number of hydrogen-bond acceptors (Lipinski definition) is 4. The first-order valence-electron chi connectivity index (χ1n) is 9.40. The molecule has 0 saturated carbocycles. The summed E-state index contributed by atoms with van der Waals surface area (Å²) in [6.45, 7) is 10.8. The molecule has 26 heavy (non-hydrogen) atoms. The van der Waals surface area contributed by atoms with Gasteiger partial charge in [0.1, 0.15) is 6.10 Å². The van der Waals surface area contributed by atoms with Crippen molar-refractivity contribution in [2.75, 3.05) is 0 Å². The Bertz CT molecular complexity index is 618. The van der Waals surface area contributed by atoms with Crippen LogP contribution < -0.4 is 0 Å². The van der Waals surface area contributed by atoms with Crippen LogP contribution in [0.4, 0.5) is 0 Å². The Morgan fingerprint density at radius 3 is 2.54 bits per heavy atom. The molecule has 0 bridgehead atoms. The highest BCUT2D eigenvalue weighted by molar-refractivity contribution is 5.13. The van der Waals surface area contributed by atoms with Crippen LogP contribution in [0.2, 0.25) is 0 Å². The smallest absolute Gasteiger partial charge is 0.165 e. The maximum atomic E-state index is 9.18. The molecule has 0 amide bonds. The Balaban J connectivity index is 1.96. The number of hydrogen-bond donors (Lipinski definition) is 0. The number of nitriles is 1. The molecule has 0 radical (unpaired) electrons. The van der Waals surface area contributed by atoms with Crippen LogP contribution in [0, 0.1) is 23.2 Å². The van der Waals surface area contributed by atoms with E-state index in [1.165, 1.54) is 5.56 Å². The highest BCUT2D eigenvalue weighted by Gasteiger charge is 2.34. The molecule has 1 fully saturated rings. The zero-order valence-electron chi connectivity index (χ0n) is 16.5. The average molecular weight is 357 g/mol. The molecule has 0 N–H and O–H groups in total. The highest BCUT2D eigenvalue weighted by Crippen LogP contribution is 2.28. The first-order valence-corrected chi connectivity index (χ1v) is 9.40. The predicted octanol–water partition coefficient (Wildman–Crippen LogP) is 4.85. The standard InChI is InChI=1S/C22H31NO3/c1-16(2)21(24-15-18-9-7-6-8-10-18)17(3)11-12-19-13-20(14-23)26-22(4,5)25-19/h6-12,16-17,19-21H,13,15H2,1-5H3/b12-11+/t17-,19-,20?,21-/m0/s1. The van der Waals surface area contributed by atoms with E-state index in [0.29, 0.717) is 18.9 Å². The fourth-order valence-corrected chi connectivity index (χ4v) is 3.37. The van der Waals surface area contributed by atoms with Crippen LogP contribution in [0.15, 0.2) is 42.5 Å². The lowest BCUT2D eigenvalue weighted by Gasteiger charge is -2.37. The normalized spacial score (nSPS) is 25.1. The molecule has 1 aromatic carbocycles. The molecule has 142 valence electrons. The minimum atomic E-state index is -0.738. The molecule has 0 aromatic heterocycles. The van der Waals surface area contributed by atoms with Crippen molar-refractivity contribution in [3.05, 3.63) is 48.0 Å². The summed E-state index contributed by atoms with van der Waals surface area (Å²) in [5.74, 6) is -0.0934. The lowest BCUT2D eigenvalue weighted by atomic mass is 9.93. The van der Waals surface area contributed by atoms with Gasteiger partial charge in [-0.3, -0.25) is 0 Å². The zero-order chi connectivity index (χ0) is 19.2. The van der Waals surface area contributed by atoms with Gasteiger partial charge in [-0.15, -0.1) is 0 Å². The fourth-order valence-electron chi connectivity index (χ4n) is 3.37. The second-order valence-corrected chi connectivity index (χ2v) is 7.78. The molecule has 4 nitrogen and oxygen atoms in total. The highest BCUT2D eigenvalue weighted by atomic mass is 16.7. The third-order valence-corrected chi connectivity index (χ3v) is 4.54. The summed E-state index contributed by atoms with van der Waals surface area (Å²) in [4.78, 5) is 0. The molecule has 1 saturated heterocycles. The van der Waals surface area contributed by atoms with Gasteiger partial charge >= 0.3 is 0 Å². The van der Waals surface area contributed by atoms with Crippen LogP contribution in [-0.2, 0) is 20.8 Å². The number of nitrogens with zero attached hydrogens (tertiary/aromatic N) is 1. The van der Waals surface area contributed by atoms with Crippen molar-refractivity contribution in [1.29, 1.82) is 5.26 Å². The second kappa shape index (κ2) is 9.32. The summed E-state index contributed by atoms with van der Waals surface area (Å²) in [5, 5.41) is 9.18. The van der Waals surface area contributed by atoms with E-state index in [0.717, 1.165) is 0 Å². The van der Waals surface area contributed by atoms with Crippen LogP contribution in [0.1, 0.15) is 46.6 Å². The van der Waals surface area contributed by atoms with Gasteiger partial charge in [-0.05, 0) is 25.3 Å². The monoisotopic (exact) mass is 357 g/mol. The van der Waals surface area contributed by atoms with Crippen molar-refractivity contribution in [3.8, 4) is 6.07 Å². The van der Waals surface area contributed by atoms with Gasteiger partial charge in [0.2, 0.25) is 0 Å². The summed E-state index contributed by atoms with van der Waals surface area (Å²) in [5.41, 5.74) is 1.18. The molecule has 0 aliphatic carbocycles. The Kier molecular flexibility index (Phi) is 7.40. The molecular weight excluding hydrogens is 326 g/mol. The summed E-state index contributed by atoms with van der Waals surface area (Å²) >= 11 is 0. The van der Waals surface area contributed by atoms with Crippen LogP contribution in [-0.4, -0.2) is 24.1 Å². The Hall–Kier alpha value is -1.67. The largest absolute Gasteiger partial charge is 0.373 e. The SMILES string of the molecule is CC(C)[C@H](OCc1ccccc1)[C@@H](C)/C=C/[C@H]1CC(C#N)OC(C)(C)O1. The zero-order valence-corrected chi connectivity index (χ0v) is 16.5.